The van der Waals surface area contributed by atoms with E-state index < -0.39 is 21.7 Å². The van der Waals surface area contributed by atoms with E-state index in [0.717, 1.165) is 10.9 Å². The molecule has 3 rings (SSSR count). The van der Waals surface area contributed by atoms with E-state index in [1.807, 2.05) is 17.5 Å². The van der Waals surface area contributed by atoms with Gasteiger partial charge in [0, 0.05) is 22.7 Å². The predicted molar refractivity (Wildman–Crippen MR) is 104 cm³/mol. The minimum Gasteiger partial charge on any atom is -0.322 e. The van der Waals surface area contributed by atoms with Crippen molar-refractivity contribution in [1.82, 2.24) is 4.72 Å². The van der Waals surface area contributed by atoms with Crippen molar-refractivity contribution in [3.05, 3.63) is 81.3 Å². The van der Waals surface area contributed by atoms with Gasteiger partial charge in [0.25, 0.3) is 5.91 Å². The van der Waals surface area contributed by atoms with Crippen molar-refractivity contribution in [2.45, 2.75) is 11.4 Å². The molecule has 1 heterocycles. The molecule has 3 aromatic rings. The molecule has 5 nitrogen and oxygen atoms in total. The van der Waals surface area contributed by atoms with Gasteiger partial charge in [0.2, 0.25) is 10.0 Å². The van der Waals surface area contributed by atoms with Gasteiger partial charge in [-0.25, -0.2) is 17.5 Å². The third-order valence-electron chi connectivity index (χ3n) is 3.60. The number of halogens is 2. The topological polar surface area (TPSA) is 75.3 Å². The van der Waals surface area contributed by atoms with Crippen molar-refractivity contribution >= 4 is 44.6 Å². The van der Waals surface area contributed by atoms with Crippen molar-refractivity contribution < 1.29 is 17.6 Å². The number of nitrogens with one attached hydrogen (secondary N) is 2. The summed E-state index contributed by atoms with van der Waals surface area (Å²) >= 11 is 7.13. The van der Waals surface area contributed by atoms with Crippen LogP contribution in [0.3, 0.4) is 0 Å². The second kappa shape index (κ2) is 8.18. The van der Waals surface area contributed by atoms with E-state index in [2.05, 4.69) is 10.0 Å². The maximum atomic E-state index is 13.2. The maximum absolute atomic E-state index is 13.2. The van der Waals surface area contributed by atoms with E-state index >= 15 is 0 Å². The Kier molecular flexibility index (Phi) is 5.91. The van der Waals surface area contributed by atoms with Crippen LogP contribution in [0, 0.1) is 5.82 Å². The van der Waals surface area contributed by atoms with E-state index in [1.54, 1.807) is 0 Å². The monoisotopic (exact) mass is 424 g/mol. The highest BCUT2D eigenvalue weighted by molar-refractivity contribution is 7.89. The number of carbonyl (C=O) groups excluding carboxylic acids is 1. The molecule has 0 bridgehead atoms. The molecule has 0 spiro atoms. The third-order valence-corrected chi connectivity index (χ3v) is 6.17. The van der Waals surface area contributed by atoms with Gasteiger partial charge >= 0.3 is 0 Å². The Balaban J connectivity index is 1.75. The largest absolute Gasteiger partial charge is 0.322 e. The van der Waals surface area contributed by atoms with E-state index in [9.17, 15) is 17.6 Å². The van der Waals surface area contributed by atoms with Crippen LogP contribution in [-0.2, 0) is 16.6 Å². The summed E-state index contributed by atoms with van der Waals surface area (Å²) in [4.78, 5) is 13.2. The van der Waals surface area contributed by atoms with Crippen LogP contribution in [0.4, 0.5) is 10.1 Å². The molecule has 0 saturated heterocycles. The fraction of sp³-hybridized carbons (Fsp3) is 0.0556. The Morgan fingerprint density at radius 2 is 1.93 bits per heavy atom. The Morgan fingerprint density at radius 3 is 2.63 bits per heavy atom. The summed E-state index contributed by atoms with van der Waals surface area (Å²) in [6, 6.07) is 13.1. The Labute approximate surface area is 164 Å². The number of carbonyl (C=O) groups is 1. The molecule has 0 saturated carbocycles. The average molecular weight is 425 g/mol. The summed E-state index contributed by atoms with van der Waals surface area (Å²) in [7, 11) is -3.77. The van der Waals surface area contributed by atoms with Crippen molar-refractivity contribution in [3.8, 4) is 0 Å². The van der Waals surface area contributed by atoms with Gasteiger partial charge in [0.05, 0.1) is 9.92 Å². The summed E-state index contributed by atoms with van der Waals surface area (Å²) in [6.45, 7) is 0.171. The van der Waals surface area contributed by atoms with Gasteiger partial charge in [-0.3, -0.25) is 4.79 Å². The van der Waals surface area contributed by atoms with Crippen LogP contribution in [0.5, 0.6) is 0 Å². The Morgan fingerprint density at radius 1 is 1.11 bits per heavy atom. The lowest BCUT2D eigenvalue weighted by molar-refractivity contribution is 0.102. The molecule has 0 aliphatic heterocycles. The van der Waals surface area contributed by atoms with Gasteiger partial charge in [-0.2, -0.15) is 0 Å². The lowest BCUT2D eigenvalue weighted by atomic mass is 10.2. The fourth-order valence-electron chi connectivity index (χ4n) is 2.24. The predicted octanol–water partition coefficient (Wildman–Crippen LogP) is 4.27. The van der Waals surface area contributed by atoms with Gasteiger partial charge < -0.3 is 5.32 Å². The lowest BCUT2D eigenvalue weighted by Gasteiger charge is -2.09. The number of hydrogen-bond donors (Lipinski definition) is 2. The molecule has 2 N–H and O–H groups in total. The lowest BCUT2D eigenvalue weighted by Crippen LogP contribution is -2.23. The van der Waals surface area contributed by atoms with Crippen LogP contribution >= 0.6 is 22.9 Å². The first-order valence-electron chi connectivity index (χ1n) is 7.74. The van der Waals surface area contributed by atoms with Crippen molar-refractivity contribution in [2.75, 3.05) is 5.32 Å². The molecular weight excluding hydrogens is 411 g/mol. The second-order valence-corrected chi connectivity index (χ2v) is 8.72. The van der Waals surface area contributed by atoms with Crippen LogP contribution in [0.25, 0.3) is 0 Å². The summed E-state index contributed by atoms with van der Waals surface area (Å²) in [5.41, 5.74) is 0.449. The minimum atomic E-state index is -3.77. The van der Waals surface area contributed by atoms with Crippen LogP contribution in [0.2, 0.25) is 5.02 Å². The summed E-state index contributed by atoms with van der Waals surface area (Å²) in [5.74, 6) is -1.13. The van der Waals surface area contributed by atoms with Crippen LogP contribution < -0.4 is 10.0 Å². The number of anilines is 1. The first-order valence-corrected chi connectivity index (χ1v) is 10.5. The molecular formula is C18H14ClFN2O3S2. The van der Waals surface area contributed by atoms with Crippen LogP contribution in [0.15, 0.2) is 64.9 Å². The standard InChI is InChI=1S/C18H14ClFN2O3S2/c19-16-10-13(6-7-17(16)20)22-18(23)12-3-1-5-15(9-12)27(24,25)21-11-14-4-2-8-26-14/h1-10,21H,11H2,(H,22,23). The normalized spacial score (nSPS) is 11.3. The van der Waals surface area contributed by atoms with Gasteiger partial charge in [0.1, 0.15) is 5.82 Å². The molecule has 27 heavy (non-hydrogen) atoms. The Bertz CT molecular complexity index is 1070. The number of sulfonamides is 1. The summed E-state index contributed by atoms with van der Waals surface area (Å²) in [5, 5.41) is 4.29. The zero-order valence-corrected chi connectivity index (χ0v) is 16.2. The second-order valence-electron chi connectivity index (χ2n) is 5.51. The minimum absolute atomic E-state index is 0.0242. The Hall–Kier alpha value is -2.26. The van der Waals surface area contributed by atoms with Crippen molar-refractivity contribution in [1.29, 1.82) is 0 Å². The molecule has 0 unspecified atom stereocenters. The number of hydrogen-bond acceptors (Lipinski definition) is 4. The van der Waals surface area contributed by atoms with Gasteiger partial charge in [-0.1, -0.05) is 23.7 Å². The molecule has 0 radical (unpaired) electrons. The van der Waals surface area contributed by atoms with E-state index in [4.69, 9.17) is 11.6 Å². The molecule has 2 aromatic carbocycles. The zero-order chi connectivity index (χ0) is 19.4. The molecule has 0 fully saturated rings. The van der Waals surface area contributed by atoms with Gasteiger partial charge in [-0.15, -0.1) is 11.3 Å². The third kappa shape index (κ3) is 4.92. The number of amides is 1. The SMILES string of the molecule is O=C(Nc1ccc(F)c(Cl)c1)c1cccc(S(=O)(=O)NCc2cccs2)c1. The van der Waals surface area contributed by atoms with Crippen molar-refractivity contribution in [2.24, 2.45) is 0 Å². The molecule has 0 aliphatic rings. The summed E-state index contributed by atoms with van der Waals surface area (Å²) < 4.78 is 40.6. The highest BCUT2D eigenvalue weighted by Crippen LogP contribution is 2.20. The number of rotatable bonds is 6. The summed E-state index contributed by atoms with van der Waals surface area (Å²) in [6.07, 6.45) is 0. The number of thiophene rings is 1. The molecule has 0 aliphatic carbocycles. The van der Waals surface area contributed by atoms with E-state index in [-0.39, 0.29) is 22.0 Å². The smallest absolute Gasteiger partial charge is 0.255 e. The average Bonchev–Trinajstić information content (AvgIpc) is 3.17. The fourth-order valence-corrected chi connectivity index (χ4v) is 4.21. The molecule has 9 heteroatoms. The maximum Gasteiger partial charge on any atom is 0.255 e. The van der Waals surface area contributed by atoms with Crippen LogP contribution in [-0.4, -0.2) is 14.3 Å². The molecule has 1 amide bonds. The first-order chi connectivity index (χ1) is 12.8. The van der Waals surface area contributed by atoms with Gasteiger partial charge in [-0.05, 0) is 47.8 Å². The van der Waals surface area contributed by atoms with E-state index in [1.165, 1.54) is 47.7 Å². The van der Waals surface area contributed by atoms with Crippen LogP contribution in [0.1, 0.15) is 15.2 Å². The van der Waals surface area contributed by atoms with Gasteiger partial charge in [0.15, 0.2) is 0 Å². The molecule has 1 aromatic heterocycles. The molecule has 140 valence electrons. The molecule has 0 atom stereocenters. The van der Waals surface area contributed by atoms with E-state index in [0.29, 0.717) is 5.69 Å². The zero-order valence-electron chi connectivity index (χ0n) is 13.8. The highest BCUT2D eigenvalue weighted by atomic mass is 35.5. The highest BCUT2D eigenvalue weighted by Gasteiger charge is 2.16. The first kappa shape index (κ1) is 19.5. The number of benzene rings is 2. The quantitative estimate of drug-likeness (QED) is 0.620. The van der Waals surface area contributed by atoms with Crippen molar-refractivity contribution in [3.63, 3.8) is 0 Å².